The summed E-state index contributed by atoms with van der Waals surface area (Å²) in [6.07, 6.45) is 9.44. The number of ether oxygens (including phenoxy) is 1. The van der Waals surface area contributed by atoms with Crippen LogP contribution in [0.5, 0.6) is 11.5 Å². The first-order valence-electron chi connectivity index (χ1n) is 11.3. The number of guanidine groups is 1. The van der Waals surface area contributed by atoms with Crippen LogP contribution in [0.2, 0.25) is 0 Å². The number of benzene rings is 1. The molecule has 2 fully saturated rings. The Morgan fingerprint density at radius 2 is 1.93 bits per heavy atom. The molecule has 1 aromatic rings. The van der Waals surface area contributed by atoms with Crippen LogP contribution in [0.25, 0.3) is 0 Å². The summed E-state index contributed by atoms with van der Waals surface area (Å²) in [5.41, 5.74) is 0.767. The van der Waals surface area contributed by atoms with Gasteiger partial charge in [0.15, 0.2) is 5.96 Å². The van der Waals surface area contributed by atoms with Crippen LogP contribution in [0.3, 0.4) is 0 Å². The first kappa shape index (κ1) is 21.8. The predicted molar refractivity (Wildman–Crippen MR) is 119 cm³/mol. The topological polar surface area (TPSA) is 69.1 Å². The number of aromatic hydroxyl groups is 1. The summed E-state index contributed by atoms with van der Waals surface area (Å²) in [6, 6.07) is 5.71. The number of phenols is 1. The first-order chi connectivity index (χ1) is 14.2. The molecule has 0 spiro atoms. The highest BCUT2D eigenvalue weighted by molar-refractivity contribution is 5.80. The van der Waals surface area contributed by atoms with Gasteiger partial charge in [-0.15, -0.1) is 0 Å². The van der Waals surface area contributed by atoms with E-state index in [9.17, 15) is 5.11 Å². The third kappa shape index (κ3) is 6.81. The van der Waals surface area contributed by atoms with Gasteiger partial charge in [0.1, 0.15) is 11.5 Å². The van der Waals surface area contributed by atoms with Gasteiger partial charge in [-0.2, -0.15) is 0 Å². The van der Waals surface area contributed by atoms with Gasteiger partial charge < -0.3 is 25.4 Å². The first-order valence-corrected chi connectivity index (χ1v) is 11.3. The molecule has 0 aromatic heterocycles. The van der Waals surface area contributed by atoms with Crippen LogP contribution in [-0.4, -0.2) is 55.3 Å². The Morgan fingerprint density at radius 3 is 2.62 bits per heavy atom. The predicted octanol–water partition coefficient (Wildman–Crippen LogP) is 3.50. The third-order valence-corrected chi connectivity index (χ3v) is 6.21. The zero-order chi connectivity index (χ0) is 20.5. The molecule has 2 aliphatic rings. The summed E-state index contributed by atoms with van der Waals surface area (Å²) in [7, 11) is 1.63. The number of hydrogen-bond donors (Lipinski definition) is 3. The van der Waals surface area contributed by atoms with Gasteiger partial charge in [0.25, 0.3) is 0 Å². The zero-order valence-electron chi connectivity index (χ0n) is 18.1. The minimum absolute atomic E-state index is 0.251. The maximum absolute atomic E-state index is 10.1. The van der Waals surface area contributed by atoms with Crippen molar-refractivity contribution in [1.82, 2.24) is 15.5 Å². The number of rotatable bonds is 7. The molecule has 0 bridgehead atoms. The normalized spacial score (nSPS) is 19.9. The van der Waals surface area contributed by atoms with Crippen LogP contribution >= 0.6 is 0 Å². The van der Waals surface area contributed by atoms with E-state index in [1.54, 1.807) is 19.2 Å². The lowest BCUT2D eigenvalue weighted by Gasteiger charge is -2.36. The van der Waals surface area contributed by atoms with Crippen molar-refractivity contribution in [2.24, 2.45) is 10.9 Å². The van der Waals surface area contributed by atoms with E-state index in [2.05, 4.69) is 22.5 Å². The van der Waals surface area contributed by atoms with Crippen molar-refractivity contribution in [3.8, 4) is 11.5 Å². The highest BCUT2D eigenvalue weighted by atomic mass is 16.5. The van der Waals surface area contributed by atoms with E-state index >= 15 is 0 Å². The molecule has 3 rings (SSSR count). The van der Waals surface area contributed by atoms with Gasteiger partial charge in [0.2, 0.25) is 0 Å². The summed E-state index contributed by atoms with van der Waals surface area (Å²) in [6.45, 7) is 6.94. The fourth-order valence-electron chi connectivity index (χ4n) is 4.49. The molecule has 1 saturated heterocycles. The van der Waals surface area contributed by atoms with E-state index in [1.165, 1.54) is 51.7 Å². The number of nitrogens with one attached hydrogen (secondary N) is 2. The van der Waals surface area contributed by atoms with E-state index in [0.29, 0.717) is 12.6 Å². The Morgan fingerprint density at radius 1 is 1.17 bits per heavy atom. The summed E-state index contributed by atoms with van der Waals surface area (Å²) in [5.74, 6) is 2.72. The Bertz CT molecular complexity index is 650. The van der Waals surface area contributed by atoms with Crippen molar-refractivity contribution in [1.29, 1.82) is 0 Å². The molecule has 0 radical (unpaired) electrons. The number of methoxy groups -OCH3 is 1. The Balaban J connectivity index is 1.49. The van der Waals surface area contributed by atoms with Crippen molar-refractivity contribution in [2.45, 2.75) is 64.5 Å². The van der Waals surface area contributed by atoms with E-state index in [0.717, 1.165) is 42.6 Å². The minimum atomic E-state index is 0.251. The van der Waals surface area contributed by atoms with Gasteiger partial charge in [-0.25, -0.2) is 4.99 Å². The van der Waals surface area contributed by atoms with Crippen molar-refractivity contribution in [3.05, 3.63) is 23.8 Å². The number of likely N-dealkylation sites (tertiary alicyclic amines) is 1. The molecular weight excluding hydrogens is 364 g/mol. The van der Waals surface area contributed by atoms with E-state index in [4.69, 9.17) is 9.73 Å². The second-order valence-corrected chi connectivity index (χ2v) is 8.41. The molecule has 29 heavy (non-hydrogen) atoms. The Kier molecular flexibility index (Phi) is 8.47. The quantitative estimate of drug-likeness (QED) is 0.481. The number of piperidine rings is 1. The molecule has 6 heteroatoms. The maximum Gasteiger partial charge on any atom is 0.191 e. The Hall–Kier alpha value is -1.95. The molecule has 0 amide bonds. The van der Waals surface area contributed by atoms with E-state index in [-0.39, 0.29) is 5.75 Å². The summed E-state index contributed by atoms with van der Waals surface area (Å²) in [5, 5.41) is 17.0. The number of aliphatic imine (C=N–C) groups is 1. The van der Waals surface area contributed by atoms with Crippen LogP contribution in [0.4, 0.5) is 0 Å². The average Bonchev–Trinajstić information content (AvgIpc) is 2.75. The fourth-order valence-corrected chi connectivity index (χ4v) is 4.49. The smallest absolute Gasteiger partial charge is 0.191 e. The largest absolute Gasteiger partial charge is 0.508 e. The van der Waals surface area contributed by atoms with Crippen LogP contribution < -0.4 is 15.4 Å². The lowest BCUT2D eigenvalue weighted by molar-refractivity contribution is 0.160. The number of nitrogens with zero attached hydrogens (tertiary/aromatic N) is 2. The molecule has 6 nitrogen and oxygen atoms in total. The van der Waals surface area contributed by atoms with E-state index in [1.807, 2.05) is 6.07 Å². The van der Waals surface area contributed by atoms with Crippen LogP contribution in [0.15, 0.2) is 23.2 Å². The molecule has 3 N–H and O–H groups in total. The average molecular weight is 403 g/mol. The van der Waals surface area contributed by atoms with Gasteiger partial charge in [-0.05, 0) is 56.7 Å². The maximum atomic E-state index is 10.1. The van der Waals surface area contributed by atoms with Crippen molar-refractivity contribution in [2.75, 3.05) is 33.3 Å². The summed E-state index contributed by atoms with van der Waals surface area (Å²) < 4.78 is 5.25. The second-order valence-electron chi connectivity index (χ2n) is 8.41. The highest BCUT2D eigenvalue weighted by Crippen LogP contribution is 2.26. The molecule has 1 aliphatic heterocycles. The SMILES string of the molecule is CCNC(=NCc1cc(OC)ccc1O)NC1CCN(CC2CCCCC2)CC1. The molecule has 162 valence electrons. The Labute approximate surface area is 175 Å². The standard InChI is InChI=1S/C23H38N4O2/c1-3-24-23(25-16-19-15-21(29-2)9-10-22(19)28)26-20-11-13-27(14-12-20)17-18-7-5-4-6-8-18/h9-10,15,18,20,28H,3-8,11-14,16-17H2,1-2H3,(H2,24,25,26). The molecule has 0 atom stereocenters. The lowest BCUT2D eigenvalue weighted by Crippen LogP contribution is -2.49. The molecule has 0 unspecified atom stereocenters. The third-order valence-electron chi connectivity index (χ3n) is 6.21. The zero-order valence-corrected chi connectivity index (χ0v) is 18.1. The van der Waals surface area contributed by atoms with Crippen molar-refractivity contribution >= 4 is 5.96 Å². The number of hydrogen-bond acceptors (Lipinski definition) is 4. The van der Waals surface area contributed by atoms with Crippen molar-refractivity contribution in [3.63, 3.8) is 0 Å². The van der Waals surface area contributed by atoms with Crippen molar-refractivity contribution < 1.29 is 9.84 Å². The van der Waals surface area contributed by atoms with Gasteiger partial charge in [-0.1, -0.05) is 19.3 Å². The fraction of sp³-hybridized carbons (Fsp3) is 0.696. The molecular formula is C23H38N4O2. The van der Waals surface area contributed by atoms with Gasteiger partial charge >= 0.3 is 0 Å². The lowest BCUT2D eigenvalue weighted by atomic mass is 9.88. The molecule has 1 aliphatic carbocycles. The van der Waals surface area contributed by atoms with Crippen LogP contribution in [-0.2, 0) is 6.54 Å². The summed E-state index contributed by atoms with van der Waals surface area (Å²) >= 11 is 0. The van der Waals surface area contributed by atoms with Gasteiger partial charge in [0, 0.05) is 37.8 Å². The molecule has 1 aromatic carbocycles. The van der Waals surface area contributed by atoms with Crippen LogP contribution in [0.1, 0.15) is 57.4 Å². The molecule has 1 saturated carbocycles. The van der Waals surface area contributed by atoms with E-state index < -0.39 is 0 Å². The van der Waals surface area contributed by atoms with Crippen LogP contribution in [0, 0.1) is 5.92 Å². The van der Waals surface area contributed by atoms with Gasteiger partial charge in [-0.3, -0.25) is 0 Å². The second kappa shape index (κ2) is 11.3. The monoisotopic (exact) mass is 402 g/mol. The highest BCUT2D eigenvalue weighted by Gasteiger charge is 2.23. The molecule has 1 heterocycles. The number of phenolic OH excluding ortho intramolecular Hbond substituents is 1. The minimum Gasteiger partial charge on any atom is -0.508 e. The van der Waals surface area contributed by atoms with Gasteiger partial charge in [0.05, 0.1) is 13.7 Å². The summed E-state index contributed by atoms with van der Waals surface area (Å²) in [4.78, 5) is 7.35.